The van der Waals surface area contributed by atoms with Crippen LogP contribution in [0.4, 0.5) is 0 Å². The predicted octanol–water partition coefficient (Wildman–Crippen LogP) is 37.2. The molecule has 3 N–H and O–H groups in total. The van der Waals surface area contributed by atoms with Gasteiger partial charge in [-0.3, -0.25) is 16.0 Å². The third kappa shape index (κ3) is 112. The van der Waals surface area contributed by atoms with E-state index in [2.05, 4.69) is 134 Å². The first-order valence-corrected chi connectivity index (χ1v) is 56.3. The van der Waals surface area contributed by atoms with Crippen LogP contribution in [0.15, 0.2) is 0 Å². The van der Waals surface area contributed by atoms with Crippen LogP contribution in [0.1, 0.15) is 586 Å². The summed E-state index contributed by atoms with van der Waals surface area (Å²) in [5, 5.41) is 9.97. The predicted molar refractivity (Wildman–Crippen MR) is 536 cm³/mol. The molecule has 119 heavy (non-hydrogen) atoms. The van der Waals surface area contributed by atoms with E-state index in [-0.39, 0.29) is 0 Å². The first-order valence-electron chi connectivity index (χ1n) is 56.3. The zero-order valence-corrected chi connectivity index (χ0v) is 85.4. The van der Waals surface area contributed by atoms with E-state index in [0.29, 0.717) is 0 Å². The Bertz CT molecular complexity index is 1560. The van der Waals surface area contributed by atoms with Crippen LogP contribution in [0.2, 0.25) is 0 Å². The highest BCUT2D eigenvalue weighted by molar-refractivity contribution is 4.82. The van der Waals surface area contributed by atoms with E-state index in [1.165, 1.54) is 469 Å². The number of hydrogen-bond acceptors (Lipinski definition) is 6. The second kappa shape index (κ2) is 87.1. The normalized spacial score (nSPS) is 20.1. The summed E-state index contributed by atoms with van der Waals surface area (Å²) in [5.41, 5.74) is 0. The molecule has 714 valence electrons. The van der Waals surface area contributed by atoms with Crippen molar-refractivity contribution >= 4 is 0 Å². The highest BCUT2D eigenvalue weighted by Gasteiger charge is 2.27. The molecular weight excluding hydrogens is 1450 g/mol. The molecule has 0 amide bonds. The second-order valence-corrected chi connectivity index (χ2v) is 41.6. The van der Waals surface area contributed by atoms with Crippen molar-refractivity contribution in [3.05, 3.63) is 0 Å². The second-order valence-electron chi connectivity index (χ2n) is 41.6. The first-order chi connectivity index (χ1) is 58.3. The van der Waals surface area contributed by atoms with Crippen LogP contribution in [0.25, 0.3) is 0 Å². The standard InChI is InChI=1S/C11H23NO.C10H21NO.C9H19NO.13C6H12.C5H10/c1-2-3-4-5-6-9-13-10-12-11-7-8-11;1-2-3-4-5-8-12-9-11-10-6-7-10;1-2-3-4-7-11-8-10-9-5-6-9;13*1-2-3-6-4-5-6;1-2-5-3-4-5/h11-12H,2-10H2,1H3;10-11H,2-9H2,1H3;9-10H,2-8H2,1H3;13*6H,2-5H2,1H3;5H,2-4H2,1H3. The summed E-state index contributed by atoms with van der Waals surface area (Å²) in [6, 6.07) is 2.34. The van der Waals surface area contributed by atoms with Gasteiger partial charge in [0.25, 0.3) is 0 Å². The van der Waals surface area contributed by atoms with Gasteiger partial charge in [0, 0.05) is 37.9 Å². The van der Waals surface area contributed by atoms with Gasteiger partial charge in [-0.1, -0.05) is 529 Å². The molecule has 0 radical (unpaired) electrons. The van der Waals surface area contributed by atoms with E-state index >= 15 is 0 Å². The Balaban J connectivity index is 0.000000637. The lowest BCUT2D eigenvalue weighted by Crippen LogP contribution is -2.20. The van der Waals surface area contributed by atoms with Crippen molar-refractivity contribution in [3.8, 4) is 0 Å². The summed E-state index contributed by atoms with van der Waals surface area (Å²) in [6.07, 6.45) is 105. The minimum Gasteiger partial charge on any atom is -0.366 e. The monoisotopic (exact) mass is 1680 g/mol. The largest absolute Gasteiger partial charge is 0.366 e. The molecular formula is C113H229N3O3. The molecule has 0 saturated heterocycles. The molecule has 0 bridgehead atoms. The quantitative estimate of drug-likeness (QED) is 0.0417. The molecule has 0 atom stereocenters. The molecule has 17 aliphatic rings. The van der Waals surface area contributed by atoms with Gasteiger partial charge in [0.15, 0.2) is 0 Å². The maximum absolute atomic E-state index is 5.45. The number of rotatable bonds is 51. The topological polar surface area (TPSA) is 63.8 Å². The van der Waals surface area contributed by atoms with E-state index < -0.39 is 0 Å². The van der Waals surface area contributed by atoms with Crippen molar-refractivity contribution in [2.75, 3.05) is 40.0 Å². The molecule has 6 nitrogen and oxygen atoms in total. The molecule has 0 aromatic rings. The Morgan fingerprint density at radius 2 is 0.286 bits per heavy atom. The summed E-state index contributed by atoms with van der Waals surface area (Å²) in [4.78, 5) is 0. The van der Waals surface area contributed by atoms with Crippen LogP contribution in [-0.2, 0) is 14.2 Å². The molecule has 17 aliphatic carbocycles. The Morgan fingerprint density at radius 1 is 0.151 bits per heavy atom. The lowest BCUT2D eigenvalue weighted by Gasteiger charge is -2.04. The van der Waals surface area contributed by atoms with Crippen LogP contribution in [-0.4, -0.2) is 58.1 Å². The van der Waals surface area contributed by atoms with Crippen LogP contribution in [0.3, 0.4) is 0 Å². The maximum Gasteiger partial charge on any atom is 0.0967 e. The fourth-order valence-corrected chi connectivity index (χ4v) is 14.6. The van der Waals surface area contributed by atoms with E-state index in [1.54, 1.807) is 0 Å². The molecule has 0 aromatic heterocycles. The minimum atomic E-state index is 0.758. The van der Waals surface area contributed by atoms with Crippen LogP contribution in [0, 0.1) is 82.9 Å². The van der Waals surface area contributed by atoms with Crippen molar-refractivity contribution in [2.45, 2.75) is 605 Å². The summed E-state index contributed by atoms with van der Waals surface area (Å²) < 4.78 is 16.2. The molecule has 17 fully saturated rings. The van der Waals surface area contributed by atoms with Crippen molar-refractivity contribution in [1.29, 1.82) is 0 Å². The zero-order chi connectivity index (χ0) is 86.9. The van der Waals surface area contributed by atoms with Crippen LogP contribution < -0.4 is 16.0 Å². The van der Waals surface area contributed by atoms with E-state index in [9.17, 15) is 0 Å². The molecule has 0 unspecified atom stereocenters. The van der Waals surface area contributed by atoms with E-state index in [4.69, 9.17) is 14.2 Å². The minimum absolute atomic E-state index is 0.758. The van der Waals surface area contributed by atoms with Gasteiger partial charge in [0.2, 0.25) is 0 Å². The van der Waals surface area contributed by atoms with Crippen LogP contribution in [0.5, 0.6) is 0 Å². The lowest BCUT2D eigenvalue weighted by atomic mass is 10.2. The van der Waals surface area contributed by atoms with Gasteiger partial charge >= 0.3 is 0 Å². The summed E-state index contributed by atoms with van der Waals surface area (Å²) >= 11 is 0. The molecule has 0 spiro atoms. The molecule has 0 aromatic carbocycles. The van der Waals surface area contributed by atoms with Crippen LogP contribution >= 0.6 is 0 Å². The van der Waals surface area contributed by atoms with Gasteiger partial charge < -0.3 is 14.2 Å². The third-order valence-electron chi connectivity index (χ3n) is 26.0. The fraction of sp³-hybridized carbons (Fsp3) is 1.00. The van der Waals surface area contributed by atoms with Crippen molar-refractivity contribution in [1.82, 2.24) is 16.0 Å². The Hall–Kier alpha value is -0.240. The lowest BCUT2D eigenvalue weighted by molar-refractivity contribution is 0.111. The molecule has 17 rings (SSSR count). The van der Waals surface area contributed by atoms with Crippen molar-refractivity contribution in [2.24, 2.45) is 82.9 Å². The fourth-order valence-electron chi connectivity index (χ4n) is 14.6. The van der Waals surface area contributed by atoms with E-state index in [0.717, 1.165) is 141 Å². The average molecular weight is 1680 g/mol. The molecule has 17 saturated carbocycles. The summed E-state index contributed by atoms with van der Waals surface area (Å²) in [5.74, 6) is 16.1. The number of ether oxygens (including phenoxy) is 3. The molecule has 0 aliphatic heterocycles. The number of hydrogen-bond donors (Lipinski definition) is 3. The van der Waals surface area contributed by atoms with E-state index in [1.807, 2.05) is 0 Å². The third-order valence-corrected chi connectivity index (χ3v) is 26.0. The van der Waals surface area contributed by atoms with Crippen molar-refractivity contribution in [3.63, 3.8) is 0 Å². The summed E-state index contributed by atoms with van der Waals surface area (Å²) in [6.45, 7) is 43.4. The zero-order valence-electron chi connectivity index (χ0n) is 85.4. The highest BCUT2D eigenvalue weighted by atomic mass is 16.5. The maximum atomic E-state index is 5.45. The number of unbranched alkanes of at least 4 members (excludes halogenated alkanes) is 9. The molecule has 6 heteroatoms. The Morgan fingerprint density at radius 3 is 0.395 bits per heavy atom. The highest BCUT2D eigenvalue weighted by Crippen LogP contribution is 2.40. The first kappa shape index (κ1) is 117. The SMILES string of the molecule is CCC1CC1.CCCC1CC1.CCCC1CC1.CCCC1CC1.CCCC1CC1.CCCC1CC1.CCCC1CC1.CCCC1CC1.CCCC1CC1.CCCC1CC1.CCCC1CC1.CCCC1CC1.CCCC1CC1.CCCC1CC1.CCCCCCCOCNC1CC1.CCCCCCOCNC1CC1.CCCCCOCNC1CC1. The average Bonchev–Trinajstić information content (AvgIpc) is 1.81. The van der Waals surface area contributed by atoms with Gasteiger partial charge in [-0.15, -0.1) is 0 Å². The number of nitrogens with one attached hydrogen (secondary N) is 3. The molecule has 0 heterocycles. The Kier molecular flexibility index (Phi) is 85.5. The van der Waals surface area contributed by atoms with Gasteiger partial charge in [-0.25, -0.2) is 0 Å². The smallest absolute Gasteiger partial charge is 0.0967 e. The summed E-state index contributed by atoms with van der Waals surface area (Å²) in [7, 11) is 0. The van der Waals surface area contributed by atoms with Crippen molar-refractivity contribution < 1.29 is 14.2 Å². The van der Waals surface area contributed by atoms with Gasteiger partial charge in [-0.05, 0) is 141 Å². The van der Waals surface area contributed by atoms with Gasteiger partial charge in [0.05, 0.1) is 20.2 Å². The van der Waals surface area contributed by atoms with Gasteiger partial charge in [0.1, 0.15) is 0 Å². The Labute approximate surface area is 753 Å². The van der Waals surface area contributed by atoms with Gasteiger partial charge in [-0.2, -0.15) is 0 Å².